The van der Waals surface area contributed by atoms with Crippen LogP contribution in [0.2, 0.25) is 0 Å². The topological polar surface area (TPSA) is 26.7 Å². The number of likely N-dealkylation sites (tertiary alicyclic amines) is 1. The molecule has 0 amide bonds. The van der Waals surface area contributed by atoms with E-state index in [1.165, 1.54) is 6.07 Å². The first-order valence-electron chi connectivity index (χ1n) is 8.15. The van der Waals surface area contributed by atoms with E-state index in [-0.39, 0.29) is 6.10 Å². The van der Waals surface area contributed by atoms with Gasteiger partial charge in [0.15, 0.2) is 0 Å². The SMILES string of the molecule is CN1CCC(O)CC1.FC(F)(F)c1ccccc1N1CCCC1. The normalized spacial score (nSPS) is 20.3. The molecule has 2 aliphatic rings. The third kappa shape index (κ3) is 5.39. The molecule has 0 aliphatic carbocycles. The van der Waals surface area contributed by atoms with Crippen LogP contribution in [0.15, 0.2) is 24.3 Å². The molecule has 0 saturated carbocycles. The van der Waals surface area contributed by atoms with Crippen LogP contribution in [-0.4, -0.2) is 49.3 Å². The number of alkyl halides is 3. The highest BCUT2D eigenvalue weighted by Gasteiger charge is 2.34. The van der Waals surface area contributed by atoms with Gasteiger partial charge in [-0.3, -0.25) is 0 Å². The Kier molecular flexibility index (Phi) is 6.30. The van der Waals surface area contributed by atoms with Crippen molar-refractivity contribution in [3.8, 4) is 0 Å². The summed E-state index contributed by atoms with van der Waals surface area (Å²) in [4.78, 5) is 4.05. The molecule has 3 rings (SSSR count). The van der Waals surface area contributed by atoms with Gasteiger partial charge in [-0.1, -0.05) is 12.1 Å². The first kappa shape index (κ1) is 18.1. The second-order valence-corrected chi connectivity index (χ2v) is 6.24. The lowest BCUT2D eigenvalue weighted by atomic mass is 10.1. The number of hydrogen-bond donors (Lipinski definition) is 1. The van der Waals surface area contributed by atoms with Gasteiger partial charge in [0.05, 0.1) is 11.7 Å². The summed E-state index contributed by atoms with van der Waals surface area (Å²) in [6.45, 7) is 3.57. The quantitative estimate of drug-likeness (QED) is 0.855. The highest BCUT2D eigenvalue weighted by Crippen LogP contribution is 2.37. The van der Waals surface area contributed by atoms with E-state index in [2.05, 4.69) is 11.9 Å². The Morgan fingerprint density at radius 2 is 1.57 bits per heavy atom. The van der Waals surface area contributed by atoms with Crippen molar-refractivity contribution in [2.75, 3.05) is 38.1 Å². The number of piperidine rings is 1. The van der Waals surface area contributed by atoms with Crippen LogP contribution >= 0.6 is 0 Å². The minimum atomic E-state index is -4.25. The first-order valence-corrected chi connectivity index (χ1v) is 8.15. The molecule has 2 aliphatic heterocycles. The smallest absolute Gasteiger partial charge is 0.393 e. The molecule has 0 bridgehead atoms. The Bertz CT molecular complexity index is 469. The molecule has 1 aromatic carbocycles. The van der Waals surface area contributed by atoms with Gasteiger partial charge in [0.2, 0.25) is 0 Å². The van der Waals surface area contributed by atoms with Gasteiger partial charge in [0.25, 0.3) is 0 Å². The van der Waals surface area contributed by atoms with Crippen molar-refractivity contribution < 1.29 is 18.3 Å². The van der Waals surface area contributed by atoms with E-state index < -0.39 is 11.7 Å². The van der Waals surface area contributed by atoms with Crippen LogP contribution in [-0.2, 0) is 6.18 Å². The van der Waals surface area contributed by atoms with Gasteiger partial charge >= 0.3 is 6.18 Å². The van der Waals surface area contributed by atoms with E-state index in [1.54, 1.807) is 12.1 Å². The highest BCUT2D eigenvalue weighted by molar-refractivity contribution is 5.55. The Morgan fingerprint density at radius 1 is 1.00 bits per heavy atom. The average molecular weight is 330 g/mol. The van der Waals surface area contributed by atoms with Gasteiger partial charge in [0.1, 0.15) is 0 Å². The predicted molar refractivity (Wildman–Crippen MR) is 85.6 cm³/mol. The molecule has 2 fully saturated rings. The van der Waals surface area contributed by atoms with E-state index >= 15 is 0 Å². The minimum Gasteiger partial charge on any atom is -0.393 e. The number of halogens is 3. The summed E-state index contributed by atoms with van der Waals surface area (Å²) in [5.74, 6) is 0. The molecule has 130 valence electrons. The summed E-state index contributed by atoms with van der Waals surface area (Å²) in [5, 5.41) is 9.00. The standard InChI is InChI=1S/C11H12F3N.C6H13NO/c12-11(13,14)9-5-1-2-6-10(9)15-7-3-4-8-15;1-7-4-2-6(8)3-5-7/h1-2,5-6H,3-4,7-8H2;6,8H,2-5H2,1H3. The van der Waals surface area contributed by atoms with Gasteiger partial charge in [0, 0.05) is 31.9 Å². The lowest BCUT2D eigenvalue weighted by Crippen LogP contribution is -2.32. The van der Waals surface area contributed by atoms with Gasteiger partial charge < -0.3 is 14.9 Å². The maximum Gasteiger partial charge on any atom is 0.418 e. The Balaban J connectivity index is 0.000000203. The van der Waals surface area contributed by atoms with Crippen molar-refractivity contribution >= 4 is 5.69 Å². The fourth-order valence-corrected chi connectivity index (χ4v) is 2.94. The first-order chi connectivity index (χ1) is 10.9. The van der Waals surface area contributed by atoms with E-state index in [9.17, 15) is 13.2 Å². The van der Waals surface area contributed by atoms with E-state index in [0.717, 1.165) is 57.9 Å². The minimum absolute atomic E-state index is 0.0220. The van der Waals surface area contributed by atoms with Gasteiger partial charge in [-0.05, 0) is 44.9 Å². The molecule has 0 unspecified atom stereocenters. The van der Waals surface area contributed by atoms with Crippen LogP contribution in [0.25, 0.3) is 0 Å². The maximum atomic E-state index is 12.7. The van der Waals surface area contributed by atoms with Gasteiger partial charge in [-0.2, -0.15) is 13.2 Å². The Labute approximate surface area is 135 Å². The second kappa shape index (κ2) is 8.02. The predicted octanol–water partition coefficient (Wildman–Crippen LogP) is 3.38. The molecule has 2 heterocycles. The van der Waals surface area contributed by atoms with Crippen molar-refractivity contribution in [1.29, 1.82) is 0 Å². The monoisotopic (exact) mass is 330 g/mol. The van der Waals surface area contributed by atoms with E-state index in [4.69, 9.17) is 5.11 Å². The summed E-state index contributed by atoms with van der Waals surface area (Å²) in [6.07, 6.45) is -0.406. The maximum absolute atomic E-state index is 12.7. The zero-order chi connectivity index (χ0) is 16.9. The number of para-hydroxylation sites is 1. The highest BCUT2D eigenvalue weighted by atomic mass is 19.4. The molecule has 3 nitrogen and oxygen atoms in total. The molecule has 23 heavy (non-hydrogen) atoms. The molecule has 1 aromatic rings. The van der Waals surface area contributed by atoms with Crippen LogP contribution in [0, 0.1) is 0 Å². The summed E-state index contributed by atoms with van der Waals surface area (Å²) in [5.41, 5.74) is -0.200. The molecular weight excluding hydrogens is 305 g/mol. The van der Waals surface area contributed by atoms with Crippen LogP contribution in [0.1, 0.15) is 31.2 Å². The van der Waals surface area contributed by atoms with Crippen molar-refractivity contribution in [3.63, 3.8) is 0 Å². The summed E-state index contributed by atoms with van der Waals surface area (Å²) < 4.78 is 38.0. The van der Waals surface area contributed by atoms with E-state index in [0.29, 0.717) is 5.69 Å². The van der Waals surface area contributed by atoms with E-state index in [1.807, 2.05) is 4.90 Å². The Morgan fingerprint density at radius 3 is 2.09 bits per heavy atom. The molecule has 0 atom stereocenters. The molecule has 1 N–H and O–H groups in total. The van der Waals surface area contributed by atoms with Gasteiger partial charge in [-0.25, -0.2) is 0 Å². The van der Waals surface area contributed by atoms with Gasteiger partial charge in [-0.15, -0.1) is 0 Å². The van der Waals surface area contributed by atoms with Crippen molar-refractivity contribution in [2.24, 2.45) is 0 Å². The summed E-state index contributed by atoms with van der Waals surface area (Å²) >= 11 is 0. The third-order valence-electron chi connectivity index (χ3n) is 4.34. The molecule has 2 saturated heterocycles. The average Bonchev–Trinajstić information content (AvgIpc) is 3.04. The third-order valence-corrected chi connectivity index (χ3v) is 4.34. The number of aliphatic hydroxyl groups is 1. The summed E-state index contributed by atoms with van der Waals surface area (Å²) in [7, 11) is 2.09. The number of benzene rings is 1. The zero-order valence-electron chi connectivity index (χ0n) is 13.5. The Hall–Kier alpha value is -1.27. The number of aliphatic hydroxyl groups excluding tert-OH is 1. The van der Waals surface area contributed by atoms with Crippen LogP contribution in [0.4, 0.5) is 18.9 Å². The van der Waals surface area contributed by atoms with Crippen LogP contribution in [0.5, 0.6) is 0 Å². The number of nitrogens with zero attached hydrogens (tertiary/aromatic N) is 2. The number of hydrogen-bond acceptors (Lipinski definition) is 3. The lowest BCUT2D eigenvalue weighted by Gasteiger charge is -2.25. The van der Waals surface area contributed by atoms with Crippen molar-refractivity contribution in [2.45, 2.75) is 38.0 Å². The van der Waals surface area contributed by atoms with Crippen molar-refractivity contribution in [3.05, 3.63) is 29.8 Å². The fraction of sp³-hybridized carbons (Fsp3) is 0.647. The summed E-state index contributed by atoms with van der Waals surface area (Å²) in [6, 6.07) is 5.78. The fourth-order valence-electron chi connectivity index (χ4n) is 2.94. The number of anilines is 1. The van der Waals surface area contributed by atoms with Crippen LogP contribution < -0.4 is 4.90 Å². The zero-order valence-corrected chi connectivity index (χ0v) is 13.5. The molecular formula is C17H25F3N2O. The number of rotatable bonds is 1. The largest absolute Gasteiger partial charge is 0.418 e. The molecule has 6 heteroatoms. The second-order valence-electron chi connectivity index (χ2n) is 6.24. The van der Waals surface area contributed by atoms with Crippen LogP contribution in [0.3, 0.4) is 0 Å². The molecule has 0 aromatic heterocycles. The lowest BCUT2D eigenvalue weighted by molar-refractivity contribution is -0.137. The molecule has 0 spiro atoms. The van der Waals surface area contributed by atoms with Crippen molar-refractivity contribution in [1.82, 2.24) is 4.90 Å². The molecule has 0 radical (unpaired) electrons.